The van der Waals surface area contributed by atoms with Crippen LogP contribution in [0.15, 0.2) is 91.0 Å². The summed E-state index contributed by atoms with van der Waals surface area (Å²) in [6, 6.07) is 24.6. The first-order valence-corrected chi connectivity index (χ1v) is 12.4. The number of rotatable bonds is 7. The van der Waals surface area contributed by atoms with Gasteiger partial charge < -0.3 is 24.1 Å². The maximum atomic E-state index is 13.3. The molecule has 0 amide bonds. The van der Waals surface area contributed by atoms with Gasteiger partial charge in [-0.3, -0.25) is 0 Å². The van der Waals surface area contributed by atoms with Crippen LogP contribution in [-0.4, -0.2) is 53.2 Å². The largest absolute Gasteiger partial charge is 0.459 e. The lowest BCUT2D eigenvalue weighted by Crippen LogP contribution is -2.56. The van der Waals surface area contributed by atoms with Crippen LogP contribution < -0.4 is 0 Å². The summed E-state index contributed by atoms with van der Waals surface area (Å²) >= 11 is 0. The van der Waals surface area contributed by atoms with Crippen LogP contribution in [0.4, 0.5) is 0 Å². The molecule has 0 spiro atoms. The Morgan fingerprint density at radius 1 is 0.821 bits per heavy atom. The van der Waals surface area contributed by atoms with E-state index in [-0.39, 0.29) is 11.1 Å². The van der Waals surface area contributed by atoms with Crippen molar-refractivity contribution in [1.82, 2.24) is 0 Å². The molecule has 0 aromatic heterocycles. The molecule has 0 bridgehead atoms. The van der Waals surface area contributed by atoms with Crippen molar-refractivity contribution >= 4 is 17.9 Å². The number of ether oxygens (including phenoxy) is 4. The molecule has 1 saturated heterocycles. The molecule has 3 aromatic rings. The van der Waals surface area contributed by atoms with Gasteiger partial charge in [0.1, 0.15) is 6.61 Å². The molecule has 4 rings (SSSR count). The second kappa shape index (κ2) is 11.9. The number of carbonyl (C=O) groups is 3. The van der Waals surface area contributed by atoms with Crippen LogP contribution in [0.5, 0.6) is 0 Å². The monoisotopic (exact) mass is 528 g/mol. The summed E-state index contributed by atoms with van der Waals surface area (Å²) in [7, 11) is 0. The van der Waals surface area contributed by atoms with E-state index in [0.29, 0.717) is 12.0 Å². The zero-order valence-corrected chi connectivity index (χ0v) is 21.5. The number of hydrogen-bond acceptors (Lipinski definition) is 8. The van der Waals surface area contributed by atoms with E-state index in [2.05, 4.69) is 11.8 Å². The topological polar surface area (TPSA) is 108 Å². The molecule has 0 radical (unpaired) electrons. The maximum Gasteiger partial charge on any atom is 0.339 e. The third-order valence-electron chi connectivity index (χ3n) is 6.08. The van der Waals surface area contributed by atoms with E-state index in [1.165, 1.54) is 6.92 Å². The molecule has 39 heavy (non-hydrogen) atoms. The Hall–Kier alpha value is -4.45. The molecule has 1 heterocycles. The minimum Gasteiger partial charge on any atom is -0.459 e. The van der Waals surface area contributed by atoms with Gasteiger partial charge in [0, 0.05) is 6.42 Å². The summed E-state index contributed by atoms with van der Waals surface area (Å²) in [5.41, 5.74) is -1.32. The van der Waals surface area contributed by atoms with Gasteiger partial charge >= 0.3 is 17.9 Å². The van der Waals surface area contributed by atoms with Crippen molar-refractivity contribution in [2.24, 2.45) is 0 Å². The molecule has 1 aliphatic rings. The zero-order valence-electron chi connectivity index (χ0n) is 21.5. The molecule has 1 unspecified atom stereocenters. The Labute approximate surface area is 226 Å². The van der Waals surface area contributed by atoms with E-state index >= 15 is 0 Å². The Bertz CT molecular complexity index is 1360. The Kier molecular flexibility index (Phi) is 8.45. The second-order valence-corrected chi connectivity index (χ2v) is 8.98. The van der Waals surface area contributed by atoms with Crippen molar-refractivity contribution < 1.29 is 38.4 Å². The highest BCUT2D eigenvalue weighted by Gasteiger charge is 2.67. The third kappa shape index (κ3) is 6.17. The molecule has 4 atom stereocenters. The average molecular weight is 529 g/mol. The molecule has 0 saturated carbocycles. The summed E-state index contributed by atoms with van der Waals surface area (Å²) in [5, 5.41) is 11.3. The van der Waals surface area contributed by atoms with Gasteiger partial charge in [-0.05, 0) is 49.2 Å². The quantitative estimate of drug-likeness (QED) is 0.276. The summed E-state index contributed by atoms with van der Waals surface area (Å²) in [4.78, 5) is 39.1. The Morgan fingerprint density at radius 2 is 1.31 bits per heavy atom. The molecule has 1 fully saturated rings. The fourth-order valence-electron chi connectivity index (χ4n) is 4.22. The lowest BCUT2D eigenvalue weighted by Gasteiger charge is -2.34. The molecule has 1 aliphatic heterocycles. The minimum atomic E-state index is -2.16. The maximum absolute atomic E-state index is 13.3. The number of carbonyl (C=O) groups excluding carboxylic acids is 3. The van der Waals surface area contributed by atoms with E-state index in [1.807, 2.05) is 0 Å². The lowest BCUT2D eigenvalue weighted by molar-refractivity contribution is -0.218. The number of hydrogen-bond donors (Lipinski definition) is 1. The van der Waals surface area contributed by atoms with Gasteiger partial charge in [-0.1, -0.05) is 67.4 Å². The van der Waals surface area contributed by atoms with Gasteiger partial charge in [0.2, 0.25) is 17.5 Å². The molecule has 200 valence electrons. The van der Waals surface area contributed by atoms with Crippen molar-refractivity contribution in [3.63, 3.8) is 0 Å². The van der Waals surface area contributed by atoms with Crippen LogP contribution in [-0.2, 0) is 18.9 Å². The van der Waals surface area contributed by atoms with Gasteiger partial charge in [-0.25, -0.2) is 14.4 Å². The highest BCUT2D eigenvalue weighted by atomic mass is 16.7. The predicted molar refractivity (Wildman–Crippen MR) is 141 cm³/mol. The van der Waals surface area contributed by atoms with Crippen LogP contribution in [0, 0.1) is 11.8 Å². The van der Waals surface area contributed by atoms with Gasteiger partial charge in [0.15, 0.2) is 6.10 Å². The van der Waals surface area contributed by atoms with Crippen LogP contribution in [0.25, 0.3) is 0 Å². The second-order valence-electron chi connectivity index (χ2n) is 8.98. The van der Waals surface area contributed by atoms with Gasteiger partial charge in [-0.2, -0.15) is 0 Å². The standard InChI is InChI=1S/C31H28O8/c1-3-4-20-31(39-28(34)24-18-12-7-13-19-24)25(21-36-26(32)22-14-8-5-9-15-22)38-30(2,35)29(31)37-27(33)23-16-10-6-11-17-23/h5-19,25,29,35H,3,21H2,1-2H3/t25-,29+,30?,31-/m1/s1. The zero-order chi connectivity index (χ0) is 27.9. The summed E-state index contributed by atoms with van der Waals surface area (Å²) in [5.74, 6) is 1.35. The first-order valence-electron chi connectivity index (χ1n) is 12.4. The molecular formula is C31H28O8. The SMILES string of the molecule is CCC#C[C@@]1(OC(=O)c2ccccc2)[C@@H](COC(=O)c2ccccc2)OC(C)(O)[C@@H]1OC(=O)c1ccccc1. The summed E-state index contributed by atoms with van der Waals surface area (Å²) in [6.07, 6.45) is -2.55. The first-order chi connectivity index (χ1) is 18.8. The van der Waals surface area contributed by atoms with Crippen molar-refractivity contribution in [3.8, 4) is 11.8 Å². The number of benzene rings is 3. The van der Waals surface area contributed by atoms with Crippen molar-refractivity contribution in [2.75, 3.05) is 6.61 Å². The average Bonchev–Trinajstić information content (AvgIpc) is 3.17. The Balaban J connectivity index is 1.73. The minimum absolute atomic E-state index is 0.204. The van der Waals surface area contributed by atoms with E-state index in [1.54, 1.807) is 97.9 Å². The van der Waals surface area contributed by atoms with E-state index < -0.39 is 48.1 Å². The highest BCUT2D eigenvalue weighted by molar-refractivity contribution is 5.91. The van der Waals surface area contributed by atoms with Crippen LogP contribution in [0.2, 0.25) is 0 Å². The lowest BCUT2D eigenvalue weighted by atomic mass is 9.89. The molecule has 8 nitrogen and oxygen atoms in total. The predicted octanol–water partition coefficient (Wildman–Crippen LogP) is 4.19. The van der Waals surface area contributed by atoms with Crippen molar-refractivity contribution in [3.05, 3.63) is 108 Å². The number of aliphatic hydroxyl groups is 1. The van der Waals surface area contributed by atoms with Crippen molar-refractivity contribution in [1.29, 1.82) is 0 Å². The van der Waals surface area contributed by atoms with E-state index in [0.717, 1.165) is 0 Å². The van der Waals surface area contributed by atoms with Gasteiger partial charge in [0.25, 0.3) is 0 Å². The molecule has 1 N–H and O–H groups in total. The summed E-state index contributed by atoms with van der Waals surface area (Å²) < 4.78 is 23.1. The van der Waals surface area contributed by atoms with Crippen LogP contribution in [0.3, 0.4) is 0 Å². The van der Waals surface area contributed by atoms with Crippen molar-refractivity contribution in [2.45, 2.75) is 43.9 Å². The van der Waals surface area contributed by atoms with E-state index in [9.17, 15) is 19.5 Å². The summed E-state index contributed by atoms with van der Waals surface area (Å²) in [6.45, 7) is 2.60. The fraction of sp³-hybridized carbons (Fsp3) is 0.258. The first kappa shape index (κ1) is 27.6. The third-order valence-corrected chi connectivity index (χ3v) is 6.08. The Morgan fingerprint density at radius 3 is 1.82 bits per heavy atom. The van der Waals surface area contributed by atoms with E-state index in [4.69, 9.17) is 18.9 Å². The normalized spacial score (nSPS) is 23.7. The van der Waals surface area contributed by atoms with Crippen LogP contribution in [0.1, 0.15) is 51.3 Å². The van der Waals surface area contributed by atoms with Crippen LogP contribution >= 0.6 is 0 Å². The van der Waals surface area contributed by atoms with Gasteiger partial charge in [0.05, 0.1) is 16.7 Å². The molecule has 0 aliphatic carbocycles. The fourth-order valence-corrected chi connectivity index (χ4v) is 4.22. The van der Waals surface area contributed by atoms with Gasteiger partial charge in [-0.15, -0.1) is 0 Å². The smallest absolute Gasteiger partial charge is 0.339 e. The number of esters is 3. The highest BCUT2D eigenvalue weighted by Crippen LogP contribution is 2.43. The molecule has 8 heteroatoms. The molecule has 3 aromatic carbocycles. The molecular weight excluding hydrogens is 500 g/mol.